The summed E-state index contributed by atoms with van der Waals surface area (Å²) in [6, 6.07) is 4.69. The number of aromatic nitrogens is 1. The minimum absolute atomic E-state index is 0.163. The zero-order valence-corrected chi connectivity index (χ0v) is 14.8. The van der Waals surface area contributed by atoms with Crippen molar-refractivity contribution in [2.24, 2.45) is 5.92 Å². The van der Waals surface area contributed by atoms with E-state index < -0.39 is 0 Å². The van der Waals surface area contributed by atoms with Crippen molar-refractivity contribution in [1.29, 1.82) is 0 Å². The first-order valence-electron chi connectivity index (χ1n) is 9.31. The Hall–Kier alpha value is -1.46. The van der Waals surface area contributed by atoms with Crippen molar-refractivity contribution < 1.29 is 4.79 Å². The molecule has 1 aromatic heterocycles. The first-order valence-corrected chi connectivity index (χ1v) is 9.31. The van der Waals surface area contributed by atoms with Crippen LogP contribution < -0.4 is 5.32 Å². The smallest absolute Gasteiger partial charge is 0.224 e. The average molecular weight is 330 g/mol. The van der Waals surface area contributed by atoms with Crippen molar-refractivity contribution in [2.45, 2.75) is 38.1 Å². The third kappa shape index (κ3) is 4.77. The molecule has 2 fully saturated rings. The second-order valence-corrected chi connectivity index (χ2v) is 7.27. The van der Waals surface area contributed by atoms with Crippen molar-refractivity contribution in [3.05, 3.63) is 30.1 Å². The lowest BCUT2D eigenvalue weighted by Gasteiger charge is -2.41. The van der Waals surface area contributed by atoms with Gasteiger partial charge in [-0.05, 0) is 76.5 Å². The summed E-state index contributed by atoms with van der Waals surface area (Å²) in [6.45, 7) is 5.19. The van der Waals surface area contributed by atoms with Crippen LogP contribution in [0.5, 0.6) is 0 Å². The van der Waals surface area contributed by atoms with Gasteiger partial charge in [0.15, 0.2) is 0 Å². The number of carbonyl (C=O) groups is 1. The number of hydrogen-bond donors (Lipinski definition) is 1. The van der Waals surface area contributed by atoms with Crippen molar-refractivity contribution in [3.63, 3.8) is 0 Å². The average Bonchev–Trinajstić information content (AvgIpc) is 2.63. The van der Waals surface area contributed by atoms with Crippen LogP contribution in [0.25, 0.3) is 0 Å². The van der Waals surface area contributed by atoms with Crippen LogP contribution in [0.2, 0.25) is 0 Å². The molecular formula is C19H30N4O. The lowest BCUT2D eigenvalue weighted by molar-refractivity contribution is -0.127. The fourth-order valence-electron chi connectivity index (χ4n) is 3.94. The number of likely N-dealkylation sites (tertiary alicyclic amines) is 2. The SMILES string of the molecule is CN1CCC(N2CCCC(C(=O)NCCc3ccncc3)C2)CC1. The number of amides is 1. The highest BCUT2D eigenvalue weighted by Crippen LogP contribution is 2.23. The van der Waals surface area contributed by atoms with Gasteiger partial charge in [-0.15, -0.1) is 0 Å². The van der Waals surface area contributed by atoms with Gasteiger partial charge >= 0.3 is 0 Å². The van der Waals surface area contributed by atoms with E-state index in [0.717, 1.165) is 32.4 Å². The van der Waals surface area contributed by atoms with Gasteiger partial charge in [0.1, 0.15) is 0 Å². The number of hydrogen-bond acceptors (Lipinski definition) is 4. The Balaban J connectivity index is 1.43. The molecule has 2 aliphatic rings. The van der Waals surface area contributed by atoms with Crippen LogP contribution in [0.15, 0.2) is 24.5 Å². The van der Waals surface area contributed by atoms with E-state index in [0.29, 0.717) is 12.6 Å². The molecule has 5 nitrogen and oxygen atoms in total. The molecule has 5 heteroatoms. The van der Waals surface area contributed by atoms with Crippen molar-refractivity contribution in [1.82, 2.24) is 20.1 Å². The monoisotopic (exact) mass is 330 g/mol. The Bertz CT molecular complexity index is 513. The molecule has 3 rings (SSSR count). The molecule has 3 heterocycles. The van der Waals surface area contributed by atoms with Crippen molar-refractivity contribution >= 4 is 5.91 Å². The van der Waals surface area contributed by atoms with Gasteiger partial charge < -0.3 is 10.2 Å². The molecule has 0 aromatic carbocycles. The van der Waals surface area contributed by atoms with Gasteiger partial charge in [0.05, 0.1) is 5.92 Å². The lowest BCUT2D eigenvalue weighted by atomic mass is 9.93. The molecule has 24 heavy (non-hydrogen) atoms. The second kappa shape index (κ2) is 8.58. The number of carbonyl (C=O) groups excluding carboxylic acids is 1. The molecule has 132 valence electrons. The van der Waals surface area contributed by atoms with Gasteiger partial charge in [0.25, 0.3) is 0 Å². The van der Waals surface area contributed by atoms with Gasteiger partial charge in [0.2, 0.25) is 5.91 Å². The Morgan fingerprint density at radius 2 is 1.96 bits per heavy atom. The molecule has 2 aliphatic heterocycles. The van der Waals surface area contributed by atoms with Gasteiger partial charge in [-0.25, -0.2) is 0 Å². The molecule has 1 aromatic rings. The third-order valence-electron chi connectivity index (χ3n) is 5.49. The molecule has 0 bridgehead atoms. The van der Waals surface area contributed by atoms with E-state index in [4.69, 9.17) is 0 Å². The maximum atomic E-state index is 12.5. The summed E-state index contributed by atoms with van der Waals surface area (Å²) in [4.78, 5) is 21.5. The zero-order chi connectivity index (χ0) is 16.8. The van der Waals surface area contributed by atoms with E-state index in [9.17, 15) is 4.79 Å². The summed E-state index contributed by atoms with van der Waals surface area (Å²) in [7, 11) is 2.20. The summed E-state index contributed by atoms with van der Waals surface area (Å²) in [5.41, 5.74) is 1.22. The Morgan fingerprint density at radius 3 is 2.71 bits per heavy atom. The molecule has 1 atom stereocenters. The van der Waals surface area contributed by atoms with E-state index in [1.165, 1.54) is 31.5 Å². The van der Waals surface area contributed by atoms with Crippen LogP contribution in [0.3, 0.4) is 0 Å². The maximum Gasteiger partial charge on any atom is 0.224 e. The highest BCUT2D eigenvalue weighted by atomic mass is 16.1. The Kier molecular flexibility index (Phi) is 6.21. The molecule has 2 saturated heterocycles. The molecule has 1 N–H and O–H groups in total. The molecule has 1 unspecified atom stereocenters. The molecule has 0 spiro atoms. The summed E-state index contributed by atoms with van der Waals surface area (Å²) in [5.74, 6) is 0.400. The van der Waals surface area contributed by atoms with Crippen LogP contribution in [0, 0.1) is 5.92 Å². The van der Waals surface area contributed by atoms with E-state index in [1.54, 1.807) is 12.4 Å². The predicted octanol–water partition coefficient (Wildman–Crippen LogP) is 1.55. The van der Waals surface area contributed by atoms with Crippen LogP contribution >= 0.6 is 0 Å². The predicted molar refractivity (Wildman–Crippen MR) is 95.8 cm³/mol. The van der Waals surface area contributed by atoms with Crippen LogP contribution in [0.1, 0.15) is 31.2 Å². The summed E-state index contributed by atoms with van der Waals surface area (Å²) < 4.78 is 0. The number of nitrogens with one attached hydrogen (secondary N) is 1. The van der Waals surface area contributed by atoms with E-state index >= 15 is 0 Å². The highest BCUT2D eigenvalue weighted by Gasteiger charge is 2.30. The summed E-state index contributed by atoms with van der Waals surface area (Å²) in [5, 5.41) is 3.14. The van der Waals surface area contributed by atoms with E-state index in [1.807, 2.05) is 12.1 Å². The molecule has 0 radical (unpaired) electrons. The van der Waals surface area contributed by atoms with E-state index in [-0.39, 0.29) is 11.8 Å². The third-order valence-corrected chi connectivity index (χ3v) is 5.49. The van der Waals surface area contributed by atoms with Gasteiger partial charge in [-0.2, -0.15) is 0 Å². The summed E-state index contributed by atoms with van der Waals surface area (Å²) in [6.07, 6.45) is 9.15. The van der Waals surface area contributed by atoms with Crippen molar-refractivity contribution in [3.8, 4) is 0 Å². The standard InChI is InChI=1S/C19H30N4O/c1-22-13-7-18(8-14-22)23-12-2-3-17(15-23)19(24)21-11-6-16-4-9-20-10-5-16/h4-5,9-10,17-18H,2-3,6-8,11-15H2,1H3,(H,21,24). The number of pyridine rings is 1. The number of rotatable bonds is 5. The quantitative estimate of drug-likeness (QED) is 0.890. The maximum absolute atomic E-state index is 12.5. The Labute approximate surface area is 145 Å². The highest BCUT2D eigenvalue weighted by molar-refractivity contribution is 5.79. The number of piperidine rings is 2. The Morgan fingerprint density at radius 1 is 1.21 bits per heavy atom. The lowest BCUT2D eigenvalue weighted by Crippen LogP contribution is -2.50. The van der Waals surface area contributed by atoms with Crippen LogP contribution in [-0.2, 0) is 11.2 Å². The van der Waals surface area contributed by atoms with Crippen LogP contribution in [-0.4, -0.2) is 66.5 Å². The van der Waals surface area contributed by atoms with Crippen molar-refractivity contribution in [2.75, 3.05) is 39.8 Å². The molecular weight excluding hydrogens is 300 g/mol. The zero-order valence-electron chi connectivity index (χ0n) is 14.8. The van der Waals surface area contributed by atoms with Gasteiger partial charge in [0, 0.05) is 31.5 Å². The number of nitrogens with zero attached hydrogens (tertiary/aromatic N) is 3. The first kappa shape index (κ1) is 17.4. The largest absolute Gasteiger partial charge is 0.355 e. The van der Waals surface area contributed by atoms with Gasteiger partial charge in [-0.1, -0.05) is 0 Å². The molecule has 0 saturated carbocycles. The topological polar surface area (TPSA) is 48.5 Å². The summed E-state index contributed by atoms with van der Waals surface area (Å²) >= 11 is 0. The molecule has 1 amide bonds. The van der Waals surface area contributed by atoms with E-state index in [2.05, 4.69) is 27.1 Å². The normalized spacial score (nSPS) is 24.0. The van der Waals surface area contributed by atoms with Crippen LogP contribution in [0.4, 0.5) is 0 Å². The first-order chi connectivity index (χ1) is 11.7. The fourth-order valence-corrected chi connectivity index (χ4v) is 3.94. The fraction of sp³-hybridized carbons (Fsp3) is 0.684. The minimum Gasteiger partial charge on any atom is -0.355 e. The van der Waals surface area contributed by atoms with Gasteiger partial charge in [-0.3, -0.25) is 14.7 Å². The second-order valence-electron chi connectivity index (χ2n) is 7.27. The molecule has 0 aliphatic carbocycles. The minimum atomic E-state index is 0.163.